The van der Waals surface area contributed by atoms with Gasteiger partial charge in [-0.05, 0) is 25.6 Å². The van der Waals surface area contributed by atoms with Crippen LogP contribution in [0.4, 0.5) is 5.82 Å². The number of piperazine rings is 2. The Balaban J connectivity index is 0.00000280. The number of likely N-dealkylation sites (N-methyl/N-ethyl adjacent to an activating group) is 1. The molecule has 0 spiro atoms. The molecule has 2 aliphatic rings. The van der Waals surface area contributed by atoms with E-state index in [1.807, 2.05) is 19.3 Å². The molecule has 0 aliphatic carbocycles. The van der Waals surface area contributed by atoms with Crippen LogP contribution in [0, 0.1) is 0 Å². The summed E-state index contributed by atoms with van der Waals surface area (Å²) in [4.78, 5) is 18.8. The maximum Gasteiger partial charge on any atom is 0.193 e. The highest BCUT2D eigenvalue weighted by Crippen LogP contribution is 2.12. The number of aliphatic imine (C=N–C) groups is 1. The summed E-state index contributed by atoms with van der Waals surface area (Å²) in [7, 11) is 1.89. The van der Waals surface area contributed by atoms with Crippen LogP contribution < -0.4 is 10.2 Å². The molecule has 158 valence electrons. The number of guanidine groups is 1. The van der Waals surface area contributed by atoms with Gasteiger partial charge in [0.25, 0.3) is 0 Å². The van der Waals surface area contributed by atoms with Gasteiger partial charge < -0.3 is 20.0 Å². The van der Waals surface area contributed by atoms with Crippen LogP contribution in [0.3, 0.4) is 0 Å². The number of halogens is 1. The maximum atomic E-state index is 4.52. The van der Waals surface area contributed by atoms with Crippen molar-refractivity contribution in [3.05, 3.63) is 24.4 Å². The second-order valence-electron chi connectivity index (χ2n) is 7.41. The van der Waals surface area contributed by atoms with Gasteiger partial charge in [-0.1, -0.05) is 13.0 Å². The van der Waals surface area contributed by atoms with Crippen molar-refractivity contribution >= 4 is 35.8 Å². The zero-order valence-corrected chi connectivity index (χ0v) is 19.9. The van der Waals surface area contributed by atoms with E-state index in [4.69, 9.17) is 0 Å². The van der Waals surface area contributed by atoms with Crippen LogP contribution in [0.5, 0.6) is 0 Å². The maximum absolute atomic E-state index is 4.52. The average Bonchev–Trinajstić information content (AvgIpc) is 2.75. The van der Waals surface area contributed by atoms with Gasteiger partial charge in [-0.3, -0.25) is 9.89 Å². The molecule has 28 heavy (non-hydrogen) atoms. The van der Waals surface area contributed by atoms with Crippen LogP contribution in [0.15, 0.2) is 29.4 Å². The van der Waals surface area contributed by atoms with E-state index >= 15 is 0 Å². The van der Waals surface area contributed by atoms with Gasteiger partial charge in [-0.15, -0.1) is 24.0 Å². The molecule has 1 unspecified atom stereocenters. The normalized spacial score (nSPS) is 20.6. The molecule has 1 atom stereocenters. The Bertz CT molecular complexity index is 581. The fraction of sp³-hybridized carbons (Fsp3) is 0.700. The Morgan fingerprint density at radius 3 is 2.39 bits per heavy atom. The lowest BCUT2D eigenvalue weighted by molar-refractivity contribution is 0.107. The predicted molar refractivity (Wildman–Crippen MR) is 128 cm³/mol. The summed E-state index contributed by atoms with van der Waals surface area (Å²) >= 11 is 0. The zero-order chi connectivity index (χ0) is 19.1. The minimum absolute atomic E-state index is 0. The Morgan fingerprint density at radius 1 is 1.11 bits per heavy atom. The van der Waals surface area contributed by atoms with Crippen molar-refractivity contribution in [2.24, 2.45) is 4.99 Å². The summed E-state index contributed by atoms with van der Waals surface area (Å²) in [5.41, 5.74) is 0. The molecule has 3 heterocycles. The molecule has 0 bridgehead atoms. The second-order valence-corrected chi connectivity index (χ2v) is 7.41. The zero-order valence-electron chi connectivity index (χ0n) is 17.5. The molecule has 0 radical (unpaired) electrons. The van der Waals surface area contributed by atoms with Gasteiger partial charge >= 0.3 is 0 Å². The highest BCUT2D eigenvalue weighted by atomic mass is 127. The third kappa shape index (κ3) is 6.18. The van der Waals surface area contributed by atoms with Gasteiger partial charge in [0, 0.05) is 78.2 Å². The monoisotopic (exact) mass is 501 g/mol. The van der Waals surface area contributed by atoms with Crippen LogP contribution in [-0.4, -0.2) is 104 Å². The third-order valence-electron chi connectivity index (χ3n) is 5.80. The Kier molecular flexibility index (Phi) is 9.73. The van der Waals surface area contributed by atoms with Crippen LogP contribution in [0.25, 0.3) is 0 Å². The quantitative estimate of drug-likeness (QED) is 0.375. The molecule has 7 nitrogen and oxygen atoms in total. The average molecular weight is 501 g/mol. The van der Waals surface area contributed by atoms with Gasteiger partial charge in [0.1, 0.15) is 5.82 Å². The summed E-state index contributed by atoms with van der Waals surface area (Å²) in [6.45, 7) is 15.3. The first-order valence-electron chi connectivity index (χ1n) is 10.3. The number of nitrogens with one attached hydrogen (secondary N) is 1. The highest BCUT2D eigenvalue weighted by Gasteiger charge is 2.23. The second kappa shape index (κ2) is 11.8. The van der Waals surface area contributed by atoms with E-state index in [1.54, 1.807) is 0 Å². The summed E-state index contributed by atoms with van der Waals surface area (Å²) in [6, 6.07) is 6.63. The molecule has 3 rings (SSSR count). The molecule has 2 fully saturated rings. The molecule has 2 saturated heterocycles. The first-order chi connectivity index (χ1) is 13.2. The summed E-state index contributed by atoms with van der Waals surface area (Å²) in [5.74, 6) is 2.09. The number of nitrogens with zero attached hydrogens (tertiary/aromatic N) is 6. The topological polar surface area (TPSA) is 50.2 Å². The SMILES string of the molecule is CCN1CCN(C(C)CNC(=NC)N2CCN(c3ccccn3)CC2)CC1.I. The third-order valence-corrected chi connectivity index (χ3v) is 5.80. The number of anilines is 1. The van der Waals surface area contributed by atoms with Gasteiger partial charge in [0.15, 0.2) is 5.96 Å². The van der Waals surface area contributed by atoms with E-state index < -0.39 is 0 Å². The number of hydrogen-bond donors (Lipinski definition) is 1. The van der Waals surface area contributed by atoms with Crippen molar-refractivity contribution in [3.8, 4) is 0 Å². The van der Waals surface area contributed by atoms with Crippen LogP contribution in [0.2, 0.25) is 0 Å². The van der Waals surface area contributed by atoms with E-state index in [-0.39, 0.29) is 24.0 Å². The predicted octanol–water partition coefficient (Wildman–Crippen LogP) is 1.42. The smallest absolute Gasteiger partial charge is 0.193 e. The van der Waals surface area contributed by atoms with E-state index in [2.05, 4.69) is 60.9 Å². The first-order valence-corrected chi connectivity index (χ1v) is 10.3. The van der Waals surface area contributed by atoms with Crippen LogP contribution in [-0.2, 0) is 0 Å². The molecule has 2 aliphatic heterocycles. The molecule has 0 saturated carbocycles. The van der Waals surface area contributed by atoms with Crippen LogP contribution >= 0.6 is 24.0 Å². The summed E-state index contributed by atoms with van der Waals surface area (Å²) in [6.07, 6.45) is 1.86. The lowest BCUT2D eigenvalue weighted by Crippen LogP contribution is -2.56. The van der Waals surface area contributed by atoms with E-state index in [0.717, 1.165) is 64.1 Å². The Morgan fingerprint density at radius 2 is 1.82 bits per heavy atom. The van der Waals surface area contributed by atoms with Crippen molar-refractivity contribution < 1.29 is 0 Å². The molecular formula is C20H36IN7. The van der Waals surface area contributed by atoms with Gasteiger partial charge in [0.2, 0.25) is 0 Å². The molecule has 1 N–H and O–H groups in total. The molecular weight excluding hydrogens is 465 g/mol. The van der Waals surface area contributed by atoms with Crippen molar-refractivity contribution in [2.75, 3.05) is 77.4 Å². The highest BCUT2D eigenvalue weighted by molar-refractivity contribution is 14.0. The minimum Gasteiger partial charge on any atom is -0.355 e. The number of pyridine rings is 1. The molecule has 1 aromatic heterocycles. The van der Waals surface area contributed by atoms with E-state index in [1.165, 1.54) is 13.1 Å². The Hall–Kier alpha value is -1.13. The van der Waals surface area contributed by atoms with E-state index in [9.17, 15) is 0 Å². The molecule has 0 aromatic carbocycles. The molecule has 0 amide bonds. The largest absolute Gasteiger partial charge is 0.355 e. The fourth-order valence-electron chi connectivity index (χ4n) is 3.91. The van der Waals surface area contributed by atoms with Crippen LogP contribution in [0.1, 0.15) is 13.8 Å². The standard InChI is InChI=1S/C20H35N7.HI/c1-4-24-9-11-25(12-10-24)18(2)17-23-20(21-3)27-15-13-26(14-16-27)19-7-5-6-8-22-19;/h5-8,18H,4,9-17H2,1-3H3,(H,21,23);1H. The Labute approximate surface area is 187 Å². The van der Waals surface area contributed by atoms with Crippen molar-refractivity contribution in [3.63, 3.8) is 0 Å². The summed E-state index contributed by atoms with van der Waals surface area (Å²) < 4.78 is 0. The van der Waals surface area contributed by atoms with Crippen molar-refractivity contribution in [1.82, 2.24) is 25.0 Å². The summed E-state index contributed by atoms with van der Waals surface area (Å²) in [5, 5.41) is 3.60. The lowest BCUT2D eigenvalue weighted by atomic mass is 10.2. The van der Waals surface area contributed by atoms with Gasteiger partial charge in [-0.2, -0.15) is 0 Å². The van der Waals surface area contributed by atoms with Gasteiger partial charge in [0.05, 0.1) is 0 Å². The van der Waals surface area contributed by atoms with Gasteiger partial charge in [-0.25, -0.2) is 4.98 Å². The molecule has 8 heteroatoms. The van der Waals surface area contributed by atoms with Crippen molar-refractivity contribution in [2.45, 2.75) is 19.9 Å². The first kappa shape index (κ1) is 23.2. The van der Waals surface area contributed by atoms with E-state index in [0.29, 0.717) is 6.04 Å². The number of rotatable bonds is 5. The minimum atomic E-state index is 0. The molecule has 1 aromatic rings. The number of hydrogen-bond acceptors (Lipinski definition) is 5. The van der Waals surface area contributed by atoms with Crippen molar-refractivity contribution in [1.29, 1.82) is 0 Å². The number of aromatic nitrogens is 1. The fourth-order valence-corrected chi connectivity index (χ4v) is 3.91. The lowest BCUT2D eigenvalue weighted by Gasteiger charge is -2.39.